The second-order valence-electron chi connectivity index (χ2n) is 2.53. The Bertz CT molecular complexity index is 319. The molecule has 1 rings (SSSR count). The summed E-state index contributed by atoms with van der Waals surface area (Å²) in [7, 11) is 0. The van der Waals surface area contributed by atoms with Gasteiger partial charge in [0.2, 0.25) is 0 Å². The molecule has 0 bridgehead atoms. The van der Waals surface area contributed by atoms with Crippen molar-refractivity contribution in [3.8, 4) is 5.75 Å². The summed E-state index contributed by atoms with van der Waals surface area (Å²) in [4.78, 5) is 0. The largest absolute Gasteiger partial charge is 0.503 e. The van der Waals surface area contributed by atoms with Gasteiger partial charge in [0.1, 0.15) is 12.5 Å². The van der Waals surface area contributed by atoms with Crippen molar-refractivity contribution in [3.05, 3.63) is 28.6 Å². The van der Waals surface area contributed by atoms with Gasteiger partial charge in [0.05, 0.1) is 5.56 Å². The van der Waals surface area contributed by atoms with Gasteiger partial charge in [0, 0.05) is 5.56 Å². The van der Waals surface area contributed by atoms with Crippen molar-refractivity contribution in [3.63, 3.8) is 0 Å². The molecule has 0 aliphatic heterocycles. The zero-order valence-corrected chi connectivity index (χ0v) is 6.67. The maximum Gasteiger partial charge on any atom is 0.188 e. The predicted octanol–water partition coefficient (Wildman–Crippen LogP) is 2.59. The highest BCUT2D eigenvalue weighted by molar-refractivity contribution is 5.37. The van der Waals surface area contributed by atoms with E-state index in [0.717, 1.165) is 6.92 Å². The molecule has 0 saturated heterocycles. The van der Waals surface area contributed by atoms with Gasteiger partial charge in [-0.2, -0.15) is 0 Å². The summed E-state index contributed by atoms with van der Waals surface area (Å²) in [6.45, 7) is -0.435. The molecule has 0 atom stereocenters. The molecule has 72 valence electrons. The van der Waals surface area contributed by atoms with Crippen molar-refractivity contribution >= 4 is 0 Å². The molecule has 0 spiro atoms. The maximum absolute atomic E-state index is 12.9. The third kappa shape index (κ3) is 1.34. The summed E-state index contributed by atoms with van der Waals surface area (Å²) in [5.74, 6) is -5.61. The minimum atomic E-state index is -1.58. The Balaban J connectivity index is 3.56. The van der Waals surface area contributed by atoms with Crippen LogP contribution in [0.5, 0.6) is 5.75 Å². The molecule has 0 heterocycles. The summed E-state index contributed by atoms with van der Waals surface area (Å²) in [6, 6.07) is 0. The lowest BCUT2D eigenvalue weighted by molar-refractivity contribution is 0.367. The smallest absolute Gasteiger partial charge is 0.188 e. The minimum Gasteiger partial charge on any atom is -0.503 e. The van der Waals surface area contributed by atoms with Crippen molar-refractivity contribution in [2.45, 2.75) is 13.6 Å². The Morgan fingerprint density at radius 2 is 1.62 bits per heavy atom. The van der Waals surface area contributed by atoms with Crippen LogP contribution < -0.4 is 0 Å². The molecule has 0 saturated carbocycles. The van der Waals surface area contributed by atoms with Crippen LogP contribution in [0.15, 0.2) is 0 Å². The fraction of sp³-hybridized carbons (Fsp3) is 0.250. The molecule has 0 radical (unpaired) electrons. The molecule has 1 aromatic carbocycles. The van der Waals surface area contributed by atoms with Gasteiger partial charge in [0.25, 0.3) is 0 Å². The van der Waals surface area contributed by atoms with E-state index in [1.165, 1.54) is 0 Å². The zero-order valence-electron chi connectivity index (χ0n) is 6.67. The van der Waals surface area contributed by atoms with Gasteiger partial charge in [0.15, 0.2) is 17.4 Å². The zero-order chi connectivity index (χ0) is 10.2. The topological polar surface area (TPSA) is 20.2 Å². The van der Waals surface area contributed by atoms with Gasteiger partial charge in [-0.25, -0.2) is 17.6 Å². The predicted molar refractivity (Wildman–Crippen MR) is 37.5 cm³/mol. The van der Waals surface area contributed by atoms with E-state index in [9.17, 15) is 17.6 Å². The van der Waals surface area contributed by atoms with Crippen LogP contribution in [-0.2, 0) is 6.67 Å². The van der Waals surface area contributed by atoms with Gasteiger partial charge >= 0.3 is 0 Å². The molecule has 13 heavy (non-hydrogen) atoms. The first-order chi connectivity index (χ1) is 6.00. The monoisotopic (exact) mass is 194 g/mol. The van der Waals surface area contributed by atoms with Crippen molar-refractivity contribution in [1.82, 2.24) is 0 Å². The number of hydrogen-bond donors (Lipinski definition) is 1. The minimum absolute atomic E-state index is 0.591. The number of phenolic OH excluding ortho intramolecular Hbond substituents is 1. The van der Waals surface area contributed by atoms with Crippen LogP contribution in [0.1, 0.15) is 11.1 Å². The maximum atomic E-state index is 12.9. The molecule has 0 aliphatic carbocycles. The van der Waals surface area contributed by atoms with Crippen molar-refractivity contribution in [2.75, 3.05) is 0 Å². The van der Waals surface area contributed by atoms with E-state index in [1.54, 1.807) is 0 Å². The first-order valence-electron chi connectivity index (χ1n) is 3.41. The Labute approximate surface area is 71.6 Å². The molecular formula is C8H6F4O. The van der Waals surface area contributed by atoms with Gasteiger partial charge in [-0.3, -0.25) is 0 Å². The molecule has 1 aromatic rings. The van der Waals surface area contributed by atoms with Gasteiger partial charge in [-0.15, -0.1) is 0 Å². The SMILES string of the molecule is Cc1c(F)c(O)c(F)c(CF)c1F. The highest BCUT2D eigenvalue weighted by atomic mass is 19.2. The summed E-state index contributed by atoms with van der Waals surface area (Å²) < 4.78 is 50.3. The molecular weight excluding hydrogens is 188 g/mol. The summed E-state index contributed by atoms with van der Waals surface area (Å²) in [5.41, 5.74) is -1.54. The average molecular weight is 194 g/mol. The lowest BCUT2D eigenvalue weighted by atomic mass is 10.1. The molecule has 1 N–H and O–H groups in total. The third-order valence-corrected chi connectivity index (χ3v) is 1.74. The van der Waals surface area contributed by atoms with Gasteiger partial charge < -0.3 is 5.11 Å². The Morgan fingerprint density at radius 3 is 2.08 bits per heavy atom. The van der Waals surface area contributed by atoms with E-state index in [4.69, 9.17) is 5.11 Å². The van der Waals surface area contributed by atoms with Crippen molar-refractivity contribution < 1.29 is 22.7 Å². The molecule has 0 amide bonds. The average Bonchev–Trinajstić information content (AvgIpc) is 2.13. The second-order valence-corrected chi connectivity index (χ2v) is 2.53. The number of halogens is 4. The molecule has 0 unspecified atom stereocenters. The number of rotatable bonds is 1. The Morgan fingerprint density at radius 1 is 1.08 bits per heavy atom. The molecule has 0 aliphatic rings. The van der Waals surface area contributed by atoms with Crippen LogP contribution in [0.4, 0.5) is 17.6 Å². The molecule has 0 fully saturated rings. The van der Waals surface area contributed by atoms with E-state index < -0.39 is 41.0 Å². The third-order valence-electron chi connectivity index (χ3n) is 1.74. The highest BCUT2D eigenvalue weighted by Gasteiger charge is 2.21. The molecule has 0 aromatic heterocycles. The standard InChI is InChI=1S/C8H6F4O/c1-3-5(10)4(2-9)7(12)8(13)6(3)11/h13H,2H2,1H3. The number of alkyl halides is 1. The van der Waals surface area contributed by atoms with E-state index in [1.807, 2.05) is 0 Å². The summed E-state index contributed by atoms with van der Waals surface area (Å²) in [6.07, 6.45) is 0. The van der Waals surface area contributed by atoms with Crippen LogP contribution in [0.2, 0.25) is 0 Å². The van der Waals surface area contributed by atoms with E-state index in [0.29, 0.717) is 0 Å². The van der Waals surface area contributed by atoms with Crippen molar-refractivity contribution in [1.29, 1.82) is 0 Å². The number of aromatic hydroxyl groups is 1. The first-order valence-corrected chi connectivity index (χ1v) is 3.41. The van der Waals surface area contributed by atoms with E-state index in [2.05, 4.69) is 0 Å². The van der Waals surface area contributed by atoms with Crippen LogP contribution in [0.25, 0.3) is 0 Å². The lowest BCUT2D eigenvalue weighted by Crippen LogP contribution is -2.00. The van der Waals surface area contributed by atoms with Crippen LogP contribution in [0, 0.1) is 24.4 Å². The molecule has 5 heteroatoms. The molecule has 1 nitrogen and oxygen atoms in total. The summed E-state index contributed by atoms with van der Waals surface area (Å²) >= 11 is 0. The van der Waals surface area contributed by atoms with Crippen LogP contribution >= 0.6 is 0 Å². The van der Waals surface area contributed by atoms with Crippen molar-refractivity contribution in [2.24, 2.45) is 0 Å². The lowest BCUT2D eigenvalue weighted by Gasteiger charge is -2.07. The highest BCUT2D eigenvalue weighted by Crippen LogP contribution is 2.29. The number of phenols is 1. The number of benzene rings is 1. The summed E-state index contributed by atoms with van der Waals surface area (Å²) in [5, 5.41) is 8.74. The fourth-order valence-corrected chi connectivity index (χ4v) is 0.953. The van der Waals surface area contributed by atoms with E-state index in [-0.39, 0.29) is 0 Å². The normalized spacial score (nSPS) is 10.5. The Kier molecular flexibility index (Phi) is 2.45. The first kappa shape index (κ1) is 9.83. The van der Waals surface area contributed by atoms with E-state index >= 15 is 0 Å². The van der Waals surface area contributed by atoms with Crippen LogP contribution in [-0.4, -0.2) is 5.11 Å². The van der Waals surface area contributed by atoms with Gasteiger partial charge in [-0.05, 0) is 6.92 Å². The Hall–Kier alpha value is -1.26. The van der Waals surface area contributed by atoms with Crippen LogP contribution in [0.3, 0.4) is 0 Å². The fourth-order valence-electron chi connectivity index (χ4n) is 0.953. The number of hydrogen-bond acceptors (Lipinski definition) is 1. The van der Waals surface area contributed by atoms with Gasteiger partial charge in [-0.1, -0.05) is 0 Å². The quantitative estimate of drug-likeness (QED) is 0.681. The second kappa shape index (κ2) is 3.24.